The number of rotatable bonds is 7. The second-order valence-electron chi connectivity index (χ2n) is 4.92. The van der Waals surface area contributed by atoms with Crippen LogP contribution in [0.1, 0.15) is 39.2 Å². The number of nitrogens with zero attached hydrogens (tertiary/aromatic N) is 2. The lowest BCUT2D eigenvalue weighted by molar-refractivity contribution is 0.420. The van der Waals surface area contributed by atoms with E-state index in [0.717, 1.165) is 13.0 Å². The molecule has 0 fully saturated rings. The van der Waals surface area contributed by atoms with Crippen LogP contribution in [0.3, 0.4) is 0 Å². The van der Waals surface area contributed by atoms with Gasteiger partial charge in [-0.1, -0.05) is 13.8 Å². The van der Waals surface area contributed by atoms with Crippen molar-refractivity contribution in [1.29, 1.82) is 0 Å². The predicted octanol–water partition coefficient (Wildman–Crippen LogP) is 2.38. The number of hydrogen-bond donors (Lipinski definition) is 1. The second-order valence-corrected chi connectivity index (χ2v) is 4.92. The molecule has 0 aliphatic rings. The van der Waals surface area contributed by atoms with E-state index >= 15 is 0 Å². The molecular weight excluding hydrogens is 198 g/mol. The van der Waals surface area contributed by atoms with Gasteiger partial charge in [0.15, 0.2) is 0 Å². The zero-order chi connectivity index (χ0) is 12.0. The predicted molar refractivity (Wildman–Crippen MR) is 68.4 cm³/mol. The number of aromatic nitrogens is 2. The summed E-state index contributed by atoms with van der Waals surface area (Å²) in [4.78, 5) is 0. The average molecular weight is 223 g/mol. The first kappa shape index (κ1) is 13.2. The number of aryl methyl sites for hydroxylation is 1. The summed E-state index contributed by atoms with van der Waals surface area (Å²) in [6, 6.07) is 0.617. The molecule has 1 N–H and O–H groups in total. The van der Waals surface area contributed by atoms with Gasteiger partial charge >= 0.3 is 0 Å². The van der Waals surface area contributed by atoms with E-state index in [9.17, 15) is 0 Å². The van der Waals surface area contributed by atoms with Crippen molar-refractivity contribution >= 4 is 0 Å². The topological polar surface area (TPSA) is 29.9 Å². The lowest BCUT2D eigenvalue weighted by Crippen LogP contribution is -2.28. The van der Waals surface area contributed by atoms with Gasteiger partial charge in [0.25, 0.3) is 0 Å². The second kappa shape index (κ2) is 6.69. The van der Waals surface area contributed by atoms with Gasteiger partial charge in [-0.05, 0) is 44.2 Å². The van der Waals surface area contributed by atoms with Crippen LogP contribution < -0.4 is 5.32 Å². The van der Waals surface area contributed by atoms with Gasteiger partial charge in [0.2, 0.25) is 0 Å². The highest BCUT2D eigenvalue weighted by atomic mass is 15.2. The summed E-state index contributed by atoms with van der Waals surface area (Å²) < 4.78 is 1.88. The zero-order valence-corrected chi connectivity index (χ0v) is 11.0. The van der Waals surface area contributed by atoms with E-state index in [1.807, 2.05) is 17.9 Å². The molecule has 0 aromatic carbocycles. The summed E-state index contributed by atoms with van der Waals surface area (Å²) >= 11 is 0. The Kier molecular flexibility index (Phi) is 5.53. The van der Waals surface area contributed by atoms with Crippen molar-refractivity contribution in [2.75, 3.05) is 6.54 Å². The third-order valence-corrected chi connectivity index (χ3v) is 2.84. The maximum Gasteiger partial charge on any atom is 0.0521 e. The minimum Gasteiger partial charge on any atom is -0.314 e. The highest BCUT2D eigenvalue weighted by Gasteiger charge is 2.09. The van der Waals surface area contributed by atoms with Gasteiger partial charge in [-0.3, -0.25) is 4.68 Å². The molecule has 1 aromatic heterocycles. The molecule has 1 heterocycles. The maximum atomic E-state index is 4.20. The Bertz CT molecular complexity index is 293. The van der Waals surface area contributed by atoms with Gasteiger partial charge in [0, 0.05) is 19.3 Å². The Labute approximate surface area is 99.2 Å². The standard InChI is InChI=1S/C13H25N3/c1-5-6-14-12(3)7-11(2)8-13-9-15-16(4)10-13/h9-12,14H,5-8H2,1-4H3. The molecule has 3 heteroatoms. The van der Waals surface area contributed by atoms with Crippen LogP contribution >= 0.6 is 0 Å². The molecule has 0 saturated carbocycles. The van der Waals surface area contributed by atoms with Crippen LogP contribution in [0.25, 0.3) is 0 Å². The van der Waals surface area contributed by atoms with Crippen LogP contribution in [0, 0.1) is 5.92 Å². The minimum absolute atomic E-state index is 0.617. The molecule has 0 radical (unpaired) electrons. The van der Waals surface area contributed by atoms with Gasteiger partial charge in [-0.2, -0.15) is 5.10 Å². The molecule has 0 amide bonds. The van der Waals surface area contributed by atoms with Gasteiger partial charge in [0.05, 0.1) is 6.20 Å². The summed E-state index contributed by atoms with van der Waals surface area (Å²) in [7, 11) is 1.97. The molecule has 92 valence electrons. The van der Waals surface area contributed by atoms with Crippen LogP contribution in [0.2, 0.25) is 0 Å². The molecule has 2 atom stereocenters. The van der Waals surface area contributed by atoms with Crippen LogP contribution in [-0.4, -0.2) is 22.4 Å². The lowest BCUT2D eigenvalue weighted by atomic mass is 9.96. The van der Waals surface area contributed by atoms with E-state index in [2.05, 4.69) is 37.4 Å². The van der Waals surface area contributed by atoms with Crippen molar-refractivity contribution in [3.8, 4) is 0 Å². The molecule has 1 aromatic rings. The Balaban J connectivity index is 2.27. The SMILES string of the molecule is CCCNC(C)CC(C)Cc1cnn(C)c1. The highest BCUT2D eigenvalue weighted by Crippen LogP contribution is 2.13. The minimum atomic E-state index is 0.617. The molecular formula is C13H25N3. The summed E-state index contributed by atoms with van der Waals surface area (Å²) in [5.41, 5.74) is 1.35. The molecule has 0 bridgehead atoms. The van der Waals surface area contributed by atoms with E-state index in [0.29, 0.717) is 12.0 Å². The molecule has 2 unspecified atom stereocenters. The van der Waals surface area contributed by atoms with E-state index in [1.165, 1.54) is 18.4 Å². The van der Waals surface area contributed by atoms with Crippen molar-refractivity contribution in [1.82, 2.24) is 15.1 Å². The quantitative estimate of drug-likeness (QED) is 0.769. The van der Waals surface area contributed by atoms with Crippen LogP contribution in [0.4, 0.5) is 0 Å². The zero-order valence-electron chi connectivity index (χ0n) is 11.0. The fourth-order valence-electron chi connectivity index (χ4n) is 2.14. The van der Waals surface area contributed by atoms with E-state index < -0.39 is 0 Å². The average Bonchev–Trinajstić information content (AvgIpc) is 2.60. The summed E-state index contributed by atoms with van der Waals surface area (Å²) in [6.45, 7) is 7.92. The first-order valence-electron chi connectivity index (χ1n) is 6.32. The Morgan fingerprint density at radius 1 is 1.44 bits per heavy atom. The van der Waals surface area contributed by atoms with Crippen LogP contribution in [-0.2, 0) is 13.5 Å². The molecule has 0 spiro atoms. The first-order chi connectivity index (χ1) is 7.61. The lowest BCUT2D eigenvalue weighted by Gasteiger charge is -2.17. The Morgan fingerprint density at radius 3 is 2.75 bits per heavy atom. The fourth-order valence-corrected chi connectivity index (χ4v) is 2.14. The van der Waals surface area contributed by atoms with Crippen molar-refractivity contribution in [3.63, 3.8) is 0 Å². The van der Waals surface area contributed by atoms with Crippen LogP contribution in [0.15, 0.2) is 12.4 Å². The van der Waals surface area contributed by atoms with Crippen LogP contribution in [0.5, 0.6) is 0 Å². The third kappa shape index (κ3) is 4.79. The normalized spacial score (nSPS) is 15.0. The Morgan fingerprint density at radius 2 is 2.19 bits per heavy atom. The van der Waals surface area contributed by atoms with Crippen molar-refractivity contribution in [2.45, 2.75) is 46.1 Å². The van der Waals surface area contributed by atoms with E-state index in [-0.39, 0.29) is 0 Å². The van der Waals surface area contributed by atoms with E-state index in [4.69, 9.17) is 0 Å². The maximum absolute atomic E-state index is 4.20. The molecule has 16 heavy (non-hydrogen) atoms. The smallest absolute Gasteiger partial charge is 0.0521 e. The van der Waals surface area contributed by atoms with E-state index in [1.54, 1.807) is 0 Å². The summed E-state index contributed by atoms with van der Waals surface area (Å²) in [5.74, 6) is 0.712. The van der Waals surface area contributed by atoms with Gasteiger partial charge < -0.3 is 5.32 Å². The summed E-state index contributed by atoms with van der Waals surface area (Å²) in [6.07, 6.45) is 7.66. The van der Waals surface area contributed by atoms with Gasteiger partial charge in [0.1, 0.15) is 0 Å². The first-order valence-corrected chi connectivity index (χ1v) is 6.32. The fraction of sp³-hybridized carbons (Fsp3) is 0.769. The van der Waals surface area contributed by atoms with Crippen molar-refractivity contribution < 1.29 is 0 Å². The largest absolute Gasteiger partial charge is 0.314 e. The highest BCUT2D eigenvalue weighted by molar-refractivity contribution is 5.04. The number of nitrogens with one attached hydrogen (secondary N) is 1. The molecule has 0 aliphatic heterocycles. The van der Waals surface area contributed by atoms with Crippen molar-refractivity contribution in [2.24, 2.45) is 13.0 Å². The Hall–Kier alpha value is -0.830. The van der Waals surface area contributed by atoms with Gasteiger partial charge in [-0.15, -0.1) is 0 Å². The third-order valence-electron chi connectivity index (χ3n) is 2.84. The molecule has 0 saturated heterocycles. The molecule has 3 nitrogen and oxygen atoms in total. The summed E-state index contributed by atoms with van der Waals surface area (Å²) in [5, 5.41) is 7.73. The number of hydrogen-bond acceptors (Lipinski definition) is 2. The van der Waals surface area contributed by atoms with Crippen molar-refractivity contribution in [3.05, 3.63) is 18.0 Å². The monoisotopic (exact) mass is 223 g/mol. The molecule has 0 aliphatic carbocycles. The van der Waals surface area contributed by atoms with Gasteiger partial charge in [-0.25, -0.2) is 0 Å². The molecule has 1 rings (SSSR count).